The summed E-state index contributed by atoms with van der Waals surface area (Å²) in [5.74, 6) is -3.50. The molecule has 21 heavy (non-hydrogen) atoms. The summed E-state index contributed by atoms with van der Waals surface area (Å²) in [6, 6.07) is 7.78. The second-order valence-electron chi connectivity index (χ2n) is 3.94. The Labute approximate surface area is 118 Å². The summed E-state index contributed by atoms with van der Waals surface area (Å²) in [7, 11) is 0. The van der Waals surface area contributed by atoms with Gasteiger partial charge in [-0.2, -0.15) is 0 Å². The number of benzene rings is 1. The first-order valence-corrected chi connectivity index (χ1v) is 5.90. The van der Waals surface area contributed by atoms with E-state index in [2.05, 4.69) is 9.72 Å². The third-order valence-electron chi connectivity index (χ3n) is 2.44. The molecule has 1 amide bonds. The van der Waals surface area contributed by atoms with Crippen molar-refractivity contribution >= 4 is 17.6 Å². The number of para-hydroxylation sites is 1. The van der Waals surface area contributed by atoms with Crippen LogP contribution in [-0.4, -0.2) is 23.5 Å². The molecule has 0 spiro atoms. The first-order valence-electron chi connectivity index (χ1n) is 5.90. The van der Waals surface area contributed by atoms with Crippen LogP contribution in [0.4, 0.5) is 14.5 Å². The SMILES string of the molecule is O=C(COC(=O)c1ccccn1)Nc1c(F)cccc1F. The molecule has 0 bridgehead atoms. The Hall–Kier alpha value is -2.83. The van der Waals surface area contributed by atoms with E-state index in [4.69, 9.17) is 0 Å². The van der Waals surface area contributed by atoms with Crippen molar-refractivity contribution in [2.75, 3.05) is 11.9 Å². The van der Waals surface area contributed by atoms with Crippen LogP contribution in [0.25, 0.3) is 0 Å². The zero-order valence-electron chi connectivity index (χ0n) is 10.7. The minimum absolute atomic E-state index is 0.0300. The average Bonchev–Trinajstić information content (AvgIpc) is 2.49. The quantitative estimate of drug-likeness (QED) is 0.877. The maximum Gasteiger partial charge on any atom is 0.357 e. The molecule has 0 saturated heterocycles. The standard InChI is InChI=1S/C14H10F2N2O3/c15-9-4-3-5-10(16)13(9)18-12(19)8-21-14(20)11-6-1-2-7-17-11/h1-7H,8H2,(H,18,19). The van der Waals surface area contributed by atoms with E-state index >= 15 is 0 Å². The topological polar surface area (TPSA) is 68.3 Å². The number of anilines is 1. The number of carbonyl (C=O) groups is 2. The Morgan fingerprint density at radius 2 is 1.81 bits per heavy atom. The highest BCUT2D eigenvalue weighted by molar-refractivity contribution is 5.94. The highest BCUT2D eigenvalue weighted by Crippen LogP contribution is 2.17. The lowest BCUT2D eigenvalue weighted by Crippen LogP contribution is -2.22. The molecule has 0 fully saturated rings. The number of halogens is 2. The molecular weight excluding hydrogens is 282 g/mol. The Morgan fingerprint density at radius 3 is 2.43 bits per heavy atom. The molecule has 1 N–H and O–H groups in total. The van der Waals surface area contributed by atoms with Crippen LogP contribution in [0.1, 0.15) is 10.5 Å². The van der Waals surface area contributed by atoms with Crippen molar-refractivity contribution < 1.29 is 23.1 Å². The largest absolute Gasteiger partial charge is 0.451 e. The fraction of sp³-hybridized carbons (Fsp3) is 0.0714. The van der Waals surface area contributed by atoms with Gasteiger partial charge in [0.05, 0.1) is 0 Å². The zero-order valence-corrected chi connectivity index (χ0v) is 10.7. The Balaban J connectivity index is 1.92. The van der Waals surface area contributed by atoms with Gasteiger partial charge in [0, 0.05) is 6.20 Å². The first kappa shape index (κ1) is 14.6. The lowest BCUT2D eigenvalue weighted by atomic mass is 10.3. The predicted molar refractivity (Wildman–Crippen MR) is 69.5 cm³/mol. The molecular formula is C14H10F2N2O3. The second kappa shape index (κ2) is 6.56. The number of ether oxygens (including phenoxy) is 1. The van der Waals surface area contributed by atoms with Crippen molar-refractivity contribution in [2.45, 2.75) is 0 Å². The summed E-state index contributed by atoms with van der Waals surface area (Å²) >= 11 is 0. The molecule has 0 aliphatic carbocycles. The normalized spacial score (nSPS) is 10.0. The summed E-state index contributed by atoms with van der Waals surface area (Å²) in [4.78, 5) is 26.8. The lowest BCUT2D eigenvalue weighted by molar-refractivity contribution is -0.119. The molecule has 0 radical (unpaired) electrons. The lowest BCUT2D eigenvalue weighted by Gasteiger charge is -2.08. The molecule has 108 valence electrons. The summed E-state index contributed by atoms with van der Waals surface area (Å²) < 4.78 is 31.3. The first-order chi connectivity index (χ1) is 10.1. The number of amides is 1. The number of nitrogens with one attached hydrogen (secondary N) is 1. The van der Waals surface area contributed by atoms with E-state index in [0.29, 0.717) is 0 Å². The van der Waals surface area contributed by atoms with Crippen molar-refractivity contribution in [3.8, 4) is 0 Å². The molecule has 2 rings (SSSR count). The van der Waals surface area contributed by atoms with Gasteiger partial charge in [0.15, 0.2) is 6.61 Å². The van der Waals surface area contributed by atoms with Crippen molar-refractivity contribution in [3.63, 3.8) is 0 Å². The molecule has 2 aromatic rings. The van der Waals surface area contributed by atoms with Crippen LogP contribution >= 0.6 is 0 Å². The number of hydrogen-bond acceptors (Lipinski definition) is 4. The number of nitrogens with zero attached hydrogens (tertiary/aromatic N) is 1. The van der Waals surface area contributed by atoms with E-state index in [0.717, 1.165) is 12.1 Å². The van der Waals surface area contributed by atoms with Gasteiger partial charge in [-0.25, -0.2) is 18.6 Å². The molecule has 0 saturated carbocycles. The minimum Gasteiger partial charge on any atom is -0.451 e. The summed E-state index contributed by atoms with van der Waals surface area (Å²) in [5.41, 5.74) is -0.557. The van der Waals surface area contributed by atoms with E-state index < -0.39 is 35.8 Å². The number of rotatable bonds is 4. The molecule has 0 atom stereocenters. The molecule has 1 aromatic heterocycles. The van der Waals surface area contributed by atoms with Gasteiger partial charge in [-0.15, -0.1) is 0 Å². The van der Waals surface area contributed by atoms with Gasteiger partial charge in [0.2, 0.25) is 0 Å². The van der Waals surface area contributed by atoms with Crippen molar-refractivity contribution in [1.29, 1.82) is 0 Å². The Kier molecular flexibility index (Phi) is 4.55. The summed E-state index contributed by atoms with van der Waals surface area (Å²) in [6.07, 6.45) is 1.39. The molecule has 7 heteroatoms. The van der Waals surface area contributed by atoms with Gasteiger partial charge in [-0.1, -0.05) is 12.1 Å². The van der Waals surface area contributed by atoms with Crippen molar-refractivity contribution in [1.82, 2.24) is 4.98 Å². The van der Waals surface area contributed by atoms with Crippen molar-refractivity contribution in [3.05, 3.63) is 59.9 Å². The number of pyridine rings is 1. The van der Waals surface area contributed by atoms with Gasteiger partial charge >= 0.3 is 5.97 Å². The number of carbonyl (C=O) groups excluding carboxylic acids is 2. The molecule has 0 aliphatic heterocycles. The average molecular weight is 292 g/mol. The second-order valence-corrected chi connectivity index (χ2v) is 3.94. The smallest absolute Gasteiger partial charge is 0.357 e. The van der Waals surface area contributed by atoms with Crippen LogP contribution < -0.4 is 5.32 Å². The monoisotopic (exact) mass is 292 g/mol. The van der Waals surface area contributed by atoms with E-state index in [1.807, 2.05) is 5.32 Å². The molecule has 5 nitrogen and oxygen atoms in total. The van der Waals surface area contributed by atoms with E-state index in [9.17, 15) is 18.4 Å². The predicted octanol–water partition coefficient (Wildman–Crippen LogP) is 2.16. The van der Waals surface area contributed by atoms with Crippen LogP contribution in [-0.2, 0) is 9.53 Å². The van der Waals surface area contributed by atoms with Gasteiger partial charge in [0.25, 0.3) is 5.91 Å². The fourth-order valence-corrected chi connectivity index (χ4v) is 1.48. The molecule has 1 aromatic carbocycles. The van der Waals surface area contributed by atoms with E-state index in [-0.39, 0.29) is 5.69 Å². The highest BCUT2D eigenvalue weighted by Gasteiger charge is 2.14. The number of hydrogen-bond donors (Lipinski definition) is 1. The van der Waals surface area contributed by atoms with Gasteiger partial charge < -0.3 is 10.1 Å². The van der Waals surface area contributed by atoms with Crippen LogP contribution in [0.2, 0.25) is 0 Å². The Morgan fingerprint density at radius 1 is 1.10 bits per heavy atom. The van der Waals surface area contributed by atoms with Crippen molar-refractivity contribution in [2.24, 2.45) is 0 Å². The van der Waals surface area contributed by atoms with E-state index in [1.54, 1.807) is 12.1 Å². The molecule has 1 heterocycles. The molecule has 0 aliphatic rings. The third-order valence-corrected chi connectivity index (χ3v) is 2.44. The maximum atomic E-state index is 13.3. The zero-order chi connectivity index (χ0) is 15.2. The number of aromatic nitrogens is 1. The van der Waals surface area contributed by atoms with Gasteiger partial charge in [-0.05, 0) is 24.3 Å². The van der Waals surface area contributed by atoms with Gasteiger partial charge in [0.1, 0.15) is 23.0 Å². The number of esters is 1. The third kappa shape index (κ3) is 3.82. The highest BCUT2D eigenvalue weighted by atomic mass is 19.1. The maximum absolute atomic E-state index is 13.3. The molecule has 0 unspecified atom stereocenters. The summed E-state index contributed by atoms with van der Waals surface area (Å²) in [5, 5.41) is 2.00. The van der Waals surface area contributed by atoms with Crippen LogP contribution in [0.3, 0.4) is 0 Å². The minimum atomic E-state index is -0.917. The van der Waals surface area contributed by atoms with Crippen LogP contribution in [0.15, 0.2) is 42.6 Å². The fourth-order valence-electron chi connectivity index (χ4n) is 1.48. The van der Waals surface area contributed by atoms with Gasteiger partial charge in [-0.3, -0.25) is 4.79 Å². The van der Waals surface area contributed by atoms with E-state index in [1.165, 1.54) is 18.3 Å². The Bertz CT molecular complexity index is 642. The van der Waals surface area contributed by atoms with Crippen LogP contribution in [0, 0.1) is 11.6 Å². The summed E-state index contributed by atoms with van der Waals surface area (Å²) in [6.45, 7) is -0.677. The van der Waals surface area contributed by atoms with Crippen LogP contribution in [0.5, 0.6) is 0 Å².